The molecule has 1 aromatic carbocycles. The Morgan fingerprint density at radius 2 is 2.22 bits per heavy atom. The summed E-state index contributed by atoms with van der Waals surface area (Å²) < 4.78 is 16.8. The minimum atomic E-state index is -0.533. The molecule has 1 spiro atoms. The van der Waals surface area contributed by atoms with Crippen molar-refractivity contribution < 1.29 is 28.9 Å². The first-order valence-corrected chi connectivity index (χ1v) is 9.06. The number of carbonyl (C=O) groups is 1. The lowest BCUT2D eigenvalue weighted by atomic mass is 9.68. The Kier molecular flexibility index (Phi) is 3.54. The number of aliphatic hydroxyl groups is 1. The predicted octanol–water partition coefficient (Wildman–Crippen LogP) is 1.76. The van der Waals surface area contributed by atoms with Gasteiger partial charge in [0.2, 0.25) is 0 Å². The van der Waals surface area contributed by atoms with Gasteiger partial charge in [0.15, 0.2) is 11.5 Å². The van der Waals surface area contributed by atoms with E-state index in [0.29, 0.717) is 30.0 Å². The SMILES string of the molecule is COC(=O)C1=CON2CCC34C=CC(O)C[C@H]3Oc3c(OC)ccc(c34)C12. The molecule has 0 radical (unpaired) electrons. The van der Waals surface area contributed by atoms with Crippen LogP contribution in [0.3, 0.4) is 0 Å². The lowest BCUT2D eigenvalue weighted by Crippen LogP contribution is -2.42. The highest BCUT2D eigenvalue weighted by Gasteiger charge is 2.56. The molecular weight excluding hydrogens is 350 g/mol. The Labute approximate surface area is 156 Å². The number of benzene rings is 1. The first-order chi connectivity index (χ1) is 13.1. The quantitative estimate of drug-likeness (QED) is 0.627. The molecule has 0 fully saturated rings. The van der Waals surface area contributed by atoms with Gasteiger partial charge in [-0.25, -0.2) is 4.79 Å². The van der Waals surface area contributed by atoms with Gasteiger partial charge < -0.3 is 24.2 Å². The van der Waals surface area contributed by atoms with E-state index >= 15 is 0 Å². The maximum absolute atomic E-state index is 12.3. The van der Waals surface area contributed by atoms with Crippen LogP contribution in [0, 0.1) is 0 Å². The Bertz CT molecular complexity index is 877. The summed E-state index contributed by atoms with van der Waals surface area (Å²) in [5.41, 5.74) is 2.04. The van der Waals surface area contributed by atoms with Gasteiger partial charge in [0.25, 0.3) is 0 Å². The standard InChI is InChI=1S/C20H21NO6/c1-24-14-4-3-12-16-18(14)27-15-9-11(22)5-6-20(15,16)7-8-21-17(12)13(10-26-21)19(23)25-2/h3-6,10-11,15,17,22H,7-9H2,1-2H3/t11?,15-,17?,20?/m1/s1. The van der Waals surface area contributed by atoms with Gasteiger partial charge in [-0.05, 0) is 18.1 Å². The van der Waals surface area contributed by atoms with Gasteiger partial charge in [0.05, 0.1) is 31.3 Å². The molecule has 4 atom stereocenters. The van der Waals surface area contributed by atoms with E-state index in [1.54, 1.807) is 7.11 Å². The number of esters is 1. The third kappa shape index (κ3) is 2.12. The van der Waals surface area contributed by atoms with E-state index in [-0.39, 0.29) is 17.6 Å². The lowest BCUT2D eigenvalue weighted by Gasteiger charge is -2.35. The van der Waals surface area contributed by atoms with Crippen LogP contribution in [0.4, 0.5) is 0 Å². The number of hydrogen-bond acceptors (Lipinski definition) is 7. The molecule has 1 aliphatic carbocycles. The summed E-state index contributed by atoms with van der Waals surface area (Å²) in [5.74, 6) is 0.936. The molecule has 0 aromatic heterocycles. The molecule has 0 bridgehead atoms. The Hall–Kier alpha value is -2.51. The van der Waals surface area contributed by atoms with Gasteiger partial charge in [0, 0.05) is 18.5 Å². The minimum Gasteiger partial charge on any atom is -0.493 e. The van der Waals surface area contributed by atoms with E-state index in [4.69, 9.17) is 19.0 Å². The van der Waals surface area contributed by atoms with Crippen molar-refractivity contribution in [3.05, 3.63) is 47.2 Å². The van der Waals surface area contributed by atoms with Crippen molar-refractivity contribution in [2.24, 2.45) is 0 Å². The highest BCUT2D eigenvalue weighted by atomic mass is 16.7. The molecule has 1 aromatic rings. The van der Waals surface area contributed by atoms with Crippen LogP contribution in [-0.4, -0.2) is 49.1 Å². The minimum absolute atomic E-state index is 0.187. The van der Waals surface area contributed by atoms with E-state index in [2.05, 4.69) is 6.08 Å². The van der Waals surface area contributed by atoms with Crippen LogP contribution in [-0.2, 0) is 19.8 Å². The molecule has 7 nitrogen and oxygen atoms in total. The van der Waals surface area contributed by atoms with Crippen molar-refractivity contribution in [1.29, 1.82) is 0 Å². The van der Waals surface area contributed by atoms with Gasteiger partial charge in [-0.3, -0.25) is 0 Å². The Balaban J connectivity index is 1.74. The second kappa shape index (κ2) is 5.74. The number of aliphatic hydroxyl groups excluding tert-OH is 1. The number of hydrogen-bond donors (Lipinski definition) is 1. The number of rotatable bonds is 2. The van der Waals surface area contributed by atoms with Crippen LogP contribution in [0.1, 0.15) is 30.0 Å². The molecule has 27 heavy (non-hydrogen) atoms. The summed E-state index contributed by atoms with van der Waals surface area (Å²) in [5, 5.41) is 12.0. The van der Waals surface area contributed by atoms with Gasteiger partial charge in [0.1, 0.15) is 18.4 Å². The number of ether oxygens (including phenoxy) is 3. The van der Waals surface area contributed by atoms with E-state index in [9.17, 15) is 9.90 Å². The fourth-order valence-electron chi connectivity index (χ4n) is 4.85. The zero-order valence-corrected chi connectivity index (χ0v) is 15.2. The zero-order valence-electron chi connectivity index (χ0n) is 15.2. The molecule has 0 amide bonds. The molecule has 1 N–H and O–H groups in total. The summed E-state index contributed by atoms with van der Waals surface area (Å²) in [6.45, 7) is 0.610. The first-order valence-electron chi connectivity index (χ1n) is 9.06. The Morgan fingerprint density at radius 1 is 1.37 bits per heavy atom. The van der Waals surface area contributed by atoms with E-state index in [0.717, 1.165) is 17.5 Å². The van der Waals surface area contributed by atoms with Crippen molar-refractivity contribution in [2.45, 2.75) is 36.5 Å². The van der Waals surface area contributed by atoms with Gasteiger partial charge >= 0.3 is 5.97 Å². The summed E-state index contributed by atoms with van der Waals surface area (Å²) in [4.78, 5) is 18.0. The van der Waals surface area contributed by atoms with Crippen LogP contribution in [0.25, 0.3) is 0 Å². The van der Waals surface area contributed by atoms with E-state index in [1.165, 1.54) is 13.4 Å². The molecule has 7 heteroatoms. The second-order valence-corrected chi connectivity index (χ2v) is 7.33. The van der Waals surface area contributed by atoms with Crippen LogP contribution in [0.2, 0.25) is 0 Å². The van der Waals surface area contributed by atoms with E-state index in [1.807, 2.05) is 23.3 Å². The fourth-order valence-corrected chi connectivity index (χ4v) is 4.85. The maximum Gasteiger partial charge on any atom is 0.339 e. The molecule has 4 aliphatic rings. The van der Waals surface area contributed by atoms with Crippen molar-refractivity contribution in [3.8, 4) is 11.5 Å². The highest BCUT2D eigenvalue weighted by Crippen LogP contribution is 2.58. The molecule has 0 saturated heterocycles. The topological polar surface area (TPSA) is 77.5 Å². The summed E-state index contributed by atoms with van der Waals surface area (Å²) in [6, 6.07) is 3.47. The monoisotopic (exact) mass is 371 g/mol. The van der Waals surface area contributed by atoms with Crippen LogP contribution in [0.15, 0.2) is 36.1 Å². The zero-order chi connectivity index (χ0) is 18.8. The molecule has 0 saturated carbocycles. The Morgan fingerprint density at radius 3 is 3.00 bits per heavy atom. The normalized spacial score (nSPS) is 33.0. The van der Waals surface area contributed by atoms with Crippen molar-refractivity contribution >= 4 is 5.97 Å². The number of carbonyl (C=O) groups excluding carboxylic acids is 1. The average Bonchev–Trinajstić information content (AvgIpc) is 3.21. The predicted molar refractivity (Wildman–Crippen MR) is 94.1 cm³/mol. The molecule has 3 aliphatic heterocycles. The van der Waals surface area contributed by atoms with Crippen molar-refractivity contribution in [2.75, 3.05) is 20.8 Å². The lowest BCUT2D eigenvalue weighted by molar-refractivity contribution is -0.138. The van der Waals surface area contributed by atoms with Crippen LogP contribution in [0.5, 0.6) is 11.5 Å². The average molecular weight is 371 g/mol. The molecule has 3 heterocycles. The highest BCUT2D eigenvalue weighted by molar-refractivity contribution is 5.90. The number of hydroxylamine groups is 2. The largest absolute Gasteiger partial charge is 0.493 e. The maximum atomic E-state index is 12.3. The molecule has 3 unspecified atom stereocenters. The molecule has 142 valence electrons. The first kappa shape index (κ1) is 16.6. The third-order valence-electron chi connectivity index (χ3n) is 6.10. The van der Waals surface area contributed by atoms with Gasteiger partial charge in [-0.2, -0.15) is 0 Å². The van der Waals surface area contributed by atoms with Crippen molar-refractivity contribution in [3.63, 3.8) is 0 Å². The third-order valence-corrected chi connectivity index (χ3v) is 6.10. The van der Waals surface area contributed by atoms with Gasteiger partial charge in [-0.1, -0.05) is 18.2 Å². The molecule has 5 rings (SSSR count). The number of fused-ring (bicyclic) bond motifs is 2. The molecular formula is C20H21NO6. The summed E-state index contributed by atoms with van der Waals surface area (Å²) in [6.07, 6.45) is 5.91. The number of nitrogens with zero attached hydrogens (tertiary/aromatic N) is 1. The smallest absolute Gasteiger partial charge is 0.339 e. The summed E-state index contributed by atoms with van der Waals surface area (Å²) >= 11 is 0. The van der Waals surface area contributed by atoms with Crippen molar-refractivity contribution in [1.82, 2.24) is 5.06 Å². The van der Waals surface area contributed by atoms with Gasteiger partial charge in [-0.15, -0.1) is 5.06 Å². The van der Waals surface area contributed by atoms with E-state index < -0.39 is 12.1 Å². The van der Waals surface area contributed by atoms with Crippen LogP contribution >= 0.6 is 0 Å². The number of methoxy groups -OCH3 is 2. The van der Waals surface area contributed by atoms with Crippen LogP contribution < -0.4 is 9.47 Å². The second-order valence-electron chi connectivity index (χ2n) is 7.33. The fraction of sp³-hybridized carbons (Fsp3) is 0.450. The summed E-state index contributed by atoms with van der Waals surface area (Å²) in [7, 11) is 2.98.